The summed E-state index contributed by atoms with van der Waals surface area (Å²) in [5.74, 6) is 0. The molecule has 6 rings (SSSR count). The molecule has 0 spiro atoms. The fourth-order valence-electron chi connectivity index (χ4n) is 6.38. The summed E-state index contributed by atoms with van der Waals surface area (Å²) in [6.07, 6.45) is 4.97. The van der Waals surface area contributed by atoms with Gasteiger partial charge in [-0.25, -0.2) is 9.78 Å². The van der Waals surface area contributed by atoms with E-state index in [1.54, 1.807) is 4.90 Å². The molecule has 4 heterocycles. The SMILES string of the molecule is CCCn1cc(-c2ccnc3[nH]c(-c4ccc(CN5CCN(CCO)CC5)cc4)cc23)c(-c2ccc(NC(=O)N(CC)CC)cc2)n1. The summed E-state index contributed by atoms with van der Waals surface area (Å²) < 4.78 is 2.02. The number of aromatic nitrogens is 4. The summed E-state index contributed by atoms with van der Waals surface area (Å²) in [7, 11) is 0. The van der Waals surface area contributed by atoms with Gasteiger partial charge in [-0.05, 0) is 61.2 Å². The van der Waals surface area contributed by atoms with Crippen molar-refractivity contribution in [2.75, 3.05) is 57.7 Å². The van der Waals surface area contributed by atoms with Gasteiger partial charge in [0.25, 0.3) is 0 Å². The number of fused-ring (bicyclic) bond motifs is 1. The molecule has 0 saturated carbocycles. The summed E-state index contributed by atoms with van der Waals surface area (Å²) in [6, 6.07) is 20.9. The number of aromatic amines is 1. The van der Waals surface area contributed by atoms with Crippen LogP contribution in [0.25, 0.3) is 44.7 Å². The van der Waals surface area contributed by atoms with Crippen molar-refractivity contribution >= 4 is 22.8 Å². The third kappa shape index (κ3) is 7.40. The fourth-order valence-corrected chi connectivity index (χ4v) is 6.38. The lowest BCUT2D eigenvalue weighted by molar-refractivity contribution is 0.108. The van der Waals surface area contributed by atoms with Crippen molar-refractivity contribution in [2.24, 2.45) is 0 Å². The Kier molecular flexibility index (Phi) is 10.3. The number of nitrogens with zero attached hydrogens (tertiary/aromatic N) is 6. The Bertz CT molecular complexity index is 1760. The van der Waals surface area contributed by atoms with E-state index >= 15 is 0 Å². The van der Waals surface area contributed by atoms with Gasteiger partial charge < -0.3 is 20.3 Å². The molecule has 1 aliphatic heterocycles. The lowest BCUT2D eigenvalue weighted by Gasteiger charge is -2.34. The Morgan fingerprint density at radius 3 is 2.28 bits per heavy atom. The molecule has 3 aromatic heterocycles. The molecule has 0 radical (unpaired) electrons. The molecule has 2 amide bonds. The first-order valence-corrected chi connectivity index (χ1v) is 16.9. The summed E-state index contributed by atoms with van der Waals surface area (Å²) in [4.78, 5) is 27.4. The van der Waals surface area contributed by atoms with Crippen LogP contribution in [0, 0.1) is 0 Å². The van der Waals surface area contributed by atoms with E-state index < -0.39 is 0 Å². The lowest BCUT2D eigenvalue weighted by Crippen LogP contribution is -2.46. The first-order chi connectivity index (χ1) is 23.0. The van der Waals surface area contributed by atoms with Crippen LogP contribution in [-0.2, 0) is 13.1 Å². The number of hydrogen-bond donors (Lipinski definition) is 3. The third-order valence-electron chi connectivity index (χ3n) is 9.05. The highest BCUT2D eigenvalue weighted by atomic mass is 16.3. The number of carbonyl (C=O) groups is 1. The molecule has 1 aliphatic rings. The van der Waals surface area contributed by atoms with E-state index in [-0.39, 0.29) is 12.6 Å². The number of hydrogen-bond acceptors (Lipinski definition) is 6. The van der Waals surface area contributed by atoms with E-state index in [4.69, 9.17) is 5.10 Å². The number of β-amino-alcohol motifs (C(OH)–C–C–N with tert-alkyl or cyclic N) is 1. The standard InChI is InChI=1S/C37H46N8O2/c1-4-17-45-26-33(35(41-45)29-11-13-30(14-12-29)39-37(47)44(5-2)6-3)31-15-16-38-36-32(31)24-34(40-36)28-9-7-27(8-10-28)25-43-20-18-42(19-21-43)22-23-46/h7-16,24,26,46H,4-6,17-23,25H2,1-3H3,(H,38,40)(H,39,47). The largest absolute Gasteiger partial charge is 0.395 e. The van der Waals surface area contributed by atoms with Gasteiger partial charge in [0.05, 0.1) is 6.61 Å². The Morgan fingerprint density at radius 2 is 1.60 bits per heavy atom. The van der Waals surface area contributed by atoms with E-state index in [0.717, 1.165) is 103 Å². The van der Waals surface area contributed by atoms with E-state index in [1.807, 2.05) is 49.0 Å². The molecule has 3 N–H and O–H groups in total. The Balaban J connectivity index is 1.24. The van der Waals surface area contributed by atoms with Gasteiger partial charge in [-0.3, -0.25) is 14.5 Å². The number of anilines is 1. The van der Waals surface area contributed by atoms with Gasteiger partial charge in [-0.15, -0.1) is 0 Å². The van der Waals surface area contributed by atoms with Crippen molar-refractivity contribution in [1.29, 1.82) is 0 Å². The van der Waals surface area contributed by atoms with Crippen LogP contribution in [-0.4, -0.2) is 98.0 Å². The average molecular weight is 635 g/mol. The molecule has 5 aromatic rings. The van der Waals surface area contributed by atoms with Crippen molar-refractivity contribution in [3.05, 3.63) is 78.6 Å². The average Bonchev–Trinajstić information content (AvgIpc) is 3.72. The van der Waals surface area contributed by atoms with E-state index in [9.17, 15) is 9.90 Å². The lowest BCUT2D eigenvalue weighted by atomic mass is 10.00. The smallest absolute Gasteiger partial charge is 0.321 e. The first-order valence-electron chi connectivity index (χ1n) is 16.9. The van der Waals surface area contributed by atoms with Crippen molar-refractivity contribution in [3.8, 4) is 33.6 Å². The number of urea groups is 1. The van der Waals surface area contributed by atoms with Crippen molar-refractivity contribution in [3.63, 3.8) is 0 Å². The number of aliphatic hydroxyl groups is 1. The Labute approximate surface area is 277 Å². The van der Waals surface area contributed by atoms with Gasteiger partial charge in [-0.2, -0.15) is 5.10 Å². The van der Waals surface area contributed by atoms with Gasteiger partial charge in [-0.1, -0.05) is 43.3 Å². The Morgan fingerprint density at radius 1 is 0.894 bits per heavy atom. The minimum absolute atomic E-state index is 0.0962. The van der Waals surface area contributed by atoms with Crippen molar-refractivity contribution in [1.82, 2.24) is 34.4 Å². The molecule has 0 aliphatic carbocycles. The number of H-pyrrole nitrogens is 1. The number of amides is 2. The molecular formula is C37H46N8O2. The summed E-state index contributed by atoms with van der Waals surface area (Å²) in [5, 5.41) is 18.3. The van der Waals surface area contributed by atoms with Crippen LogP contribution >= 0.6 is 0 Å². The van der Waals surface area contributed by atoms with Crippen molar-refractivity contribution in [2.45, 2.75) is 40.3 Å². The second-order valence-corrected chi connectivity index (χ2v) is 12.2. The molecule has 10 heteroatoms. The number of aryl methyl sites for hydroxylation is 1. The third-order valence-corrected chi connectivity index (χ3v) is 9.05. The minimum atomic E-state index is -0.0962. The van der Waals surface area contributed by atoms with Crippen molar-refractivity contribution < 1.29 is 9.90 Å². The number of piperazine rings is 1. The maximum absolute atomic E-state index is 12.6. The molecule has 10 nitrogen and oxygen atoms in total. The van der Waals surface area contributed by atoms with E-state index in [1.165, 1.54) is 5.56 Å². The van der Waals surface area contributed by atoms with Crippen LogP contribution < -0.4 is 5.32 Å². The second-order valence-electron chi connectivity index (χ2n) is 12.2. The van der Waals surface area contributed by atoms with Gasteiger partial charge in [0.15, 0.2) is 0 Å². The first kappa shape index (κ1) is 32.4. The molecule has 0 bridgehead atoms. The molecule has 47 heavy (non-hydrogen) atoms. The molecule has 0 atom stereocenters. The maximum Gasteiger partial charge on any atom is 0.321 e. The number of benzene rings is 2. The quantitative estimate of drug-likeness (QED) is 0.152. The summed E-state index contributed by atoms with van der Waals surface area (Å²) in [6.45, 7) is 14.2. The number of rotatable bonds is 12. The second kappa shape index (κ2) is 14.9. The van der Waals surface area contributed by atoms with Crippen LogP contribution in [0.3, 0.4) is 0 Å². The van der Waals surface area contributed by atoms with Crippen LogP contribution in [0.2, 0.25) is 0 Å². The summed E-state index contributed by atoms with van der Waals surface area (Å²) >= 11 is 0. The van der Waals surface area contributed by atoms with Gasteiger partial charge >= 0.3 is 6.03 Å². The van der Waals surface area contributed by atoms with Crippen LogP contribution in [0.15, 0.2) is 73.1 Å². The number of aliphatic hydroxyl groups excluding tert-OH is 1. The van der Waals surface area contributed by atoms with E-state index in [2.05, 4.69) is 74.6 Å². The predicted octanol–water partition coefficient (Wildman–Crippen LogP) is 6.15. The molecule has 246 valence electrons. The molecule has 1 saturated heterocycles. The maximum atomic E-state index is 12.6. The molecule has 0 unspecified atom stereocenters. The number of carbonyl (C=O) groups excluding carboxylic acids is 1. The van der Waals surface area contributed by atoms with Crippen LogP contribution in [0.5, 0.6) is 0 Å². The zero-order valence-corrected chi connectivity index (χ0v) is 27.7. The Hall–Kier alpha value is -4.51. The normalized spacial score (nSPS) is 14.1. The highest BCUT2D eigenvalue weighted by molar-refractivity contribution is 5.99. The predicted molar refractivity (Wildman–Crippen MR) is 189 cm³/mol. The summed E-state index contributed by atoms with van der Waals surface area (Å²) in [5.41, 5.74) is 9.05. The van der Waals surface area contributed by atoms with Crippen LogP contribution in [0.4, 0.5) is 10.5 Å². The fraction of sp³-hybridized carbons (Fsp3) is 0.378. The van der Waals surface area contributed by atoms with E-state index in [0.29, 0.717) is 13.1 Å². The minimum Gasteiger partial charge on any atom is -0.395 e. The number of nitrogens with one attached hydrogen (secondary N) is 2. The topological polar surface area (TPSA) is 106 Å². The zero-order valence-electron chi connectivity index (χ0n) is 27.7. The highest BCUT2D eigenvalue weighted by Crippen LogP contribution is 2.37. The van der Waals surface area contributed by atoms with Gasteiger partial charge in [0, 0.05) is 99.2 Å². The van der Waals surface area contributed by atoms with Gasteiger partial charge in [0.1, 0.15) is 11.3 Å². The monoisotopic (exact) mass is 634 g/mol. The molecular weight excluding hydrogens is 588 g/mol. The highest BCUT2D eigenvalue weighted by Gasteiger charge is 2.19. The van der Waals surface area contributed by atoms with Gasteiger partial charge in [0.2, 0.25) is 0 Å². The zero-order chi connectivity index (χ0) is 32.8. The number of pyridine rings is 1. The van der Waals surface area contributed by atoms with Crippen LogP contribution in [0.1, 0.15) is 32.8 Å². The molecule has 1 fully saturated rings. The molecule has 2 aromatic carbocycles.